The van der Waals surface area contributed by atoms with Gasteiger partial charge in [0, 0.05) is 61.5 Å². The Morgan fingerprint density at radius 3 is 1.76 bits per heavy atom. The molecule has 0 bridgehead atoms. The molecule has 0 saturated carbocycles. The first-order valence-electron chi connectivity index (χ1n) is 21.4. The number of rotatable bonds is 24. The third-order valence-corrected chi connectivity index (χ3v) is 10.6. The number of nitrogens with one attached hydrogen (secondary N) is 10. The van der Waals surface area contributed by atoms with E-state index >= 15 is 0 Å². The number of carbonyl (C=O) groups is 9. The van der Waals surface area contributed by atoms with Crippen LogP contribution in [0.5, 0.6) is 0 Å². The second-order valence-electron chi connectivity index (χ2n) is 16.2. The minimum absolute atomic E-state index is 0.0270. The number of aliphatic hydroxyl groups is 1. The van der Waals surface area contributed by atoms with Crippen molar-refractivity contribution < 1.29 is 53.0 Å². The number of aromatic nitrogens is 6. The molecule has 68 heavy (non-hydrogen) atoms. The van der Waals surface area contributed by atoms with Crippen LogP contribution in [0.25, 0.3) is 0 Å². The van der Waals surface area contributed by atoms with Crippen LogP contribution in [0.3, 0.4) is 0 Å². The molecule has 26 nitrogen and oxygen atoms in total. The summed E-state index contributed by atoms with van der Waals surface area (Å²) < 4.78 is 5.29. The molecule has 5 atom stereocenters. The van der Waals surface area contributed by atoms with Crippen molar-refractivity contribution in [1.82, 2.24) is 72.0 Å². The minimum atomic E-state index is -1.68. The van der Waals surface area contributed by atoms with Gasteiger partial charge in [0.2, 0.25) is 47.3 Å². The number of hydrogen-bond acceptors (Lipinski definition) is 14. The largest absolute Gasteiger partial charge is 0.445 e. The Bertz CT molecular complexity index is 2340. The van der Waals surface area contributed by atoms with Gasteiger partial charge >= 0.3 is 6.09 Å². The van der Waals surface area contributed by atoms with Gasteiger partial charge in [-0.2, -0.15) is 0 Å². The molecular formula is C42H55N15O11. The summed E-state index contributed by atoms with van der Waals surface area (Å²) in [6.45, 7) is 0.825. The Balaban J connectivity index is 1.20. The number of aromatic amines is 3. The molecule has 1 aliphatic rings. The number of imidazole rings is 3. The van der Waals surface area contributed by atoms with Crippen LogP contribution < -0.4 is 43.0 Å². The number of benzene rings is 1. The average molecular weight is 946 g/mol. The quantitative estimate of drug-likeness (QED) is 0.0321. The van der Waals surface area contributed by atoms with E-state index in [-0.39, 0.29) is 38.8 Å². The standard InChI is InChI=1S/C42H55N15O11/c1-42(2,40(66)54-28(11-25-14-44-21-49-25)36(62)47-18-34(60)53-31(19-58)35(43)61)56-38(64)32-9-6-10-57(32)39(65)30(13-27-16-46-23-51-27)52-33(59)17-48-37(63)29(12-26-15-45-22-50-26)55-41(67)68-20-24-7-4-3-5-8-24/h3-5,7-8,14-16,21-23,28-32,58H,6,9-13,17-20H2,1-2H3,(H2,43,61)(H,44,49)(H,45,50)(H,46,51)(H,47,62)(H,48,63)(H,52,59)(H,53,60)(H,54,66)(H,55,67)(H,56,64)/t28-,29-,30-,31-,32+/m0/s1. The van der Waals surface area contributed by atoms with Crippen LogP contribution in [-0.2, 0) is 69.0 Å². The van der Waals surface area contributed by atoms with Crippen LogP contribution in [0.15, 0.2) is 67.9 Å². The lowest BCUT2D eigenvalue weighted by atomic mass is 10.0. The number of primary amides is 1. The minimum Gasteiger partial charge on any atom is -0.445 e. The fraction of sp³-hybridized carbons (Fsp3) is 0.429. The Morgan fingerprint density at radius 1 is 0.750 bits per heavy atom. The van der Waals surface area contributed by atoms with Gasteiger partial charge in [-0.05, 0) is 32.3 Å². The number of alkyl carbamates (subject to hydrolysis) is 1. The summed E-state index contributed by atoms with van der Waals surface area (Å²) in [6.07, 6.45) is 7.98. The maximum Gasteiger partial charge on any atom is 0.408 e. The Kier molecular flexibility index (Phi) is 18.2. The molecule has 1 aromatic carbocycles. The molecule has 3 aromatic heterocycles. The molecule has 26 heteroatoms. The first-order valence-corrected chi connectivity index (χ1v) is 21.4. The molecule has 0 unspecified atom stereocenters. The van der Waals surface area contributed by atoms with Crippen LogP contribution in [0, 0.1) is 0 Å². The summed E-state index contributed by atoms with van der Waals surface area (Å²) in [5.41, 5.74) is 5.60. The van der Waals surface area contributed by atoms with Crippen molar-refractivity contribution in [3.8, 4) is 0 Å². The molecular weight excluding hydrogens is 891 g/mol. The second kappa shape index (κ2) is 24.4. The molecule has 5 rings (SSSR count). The zero-order valence-electron chi connectivity index (χ0n) is 37.2. The summed E-state index contributed by atoms with van der Waals surface area (Å²) in [6, 6.07) is 2.67. The lowest BCUT2D eigenvalue weighted by Gasteiger charge is -2.32. The van der Waals surface area contributed by atoms with Crippen LogP contribution in [0.2, 0.25) is 0 Å². The smallest absolute Gasteiger partial charge is 0.408 e. The van der Waals surface area contributed by atoms with Gasteiger partial charge in [0.1, 0.15) is 42.4 Å². The van der Waals surface area contributed by atoms with Crippen molar-refractivity contribution in [1.29, 1.82) is 0 Å². The van der Waals surface area contributed by atoms with Gasteiger partial charge in [-0.25, -0.2) is 19.7 Å². The number of nitrogens with zero attached hydrogens (tertiary/aromatic N) is 4. The van der Waals surface area contributed by atoms with E-state index in [0.29, 0.717) is 23.5 Å². The van der Waals surface area contributed by atoms with Crippen molar-refractivity contribution in [3.63, 3.8) is 0 Å². The van der Waals surface area contributed by atoms with Gasteiger partial charge in [-0.3, -0.25) is 38.4 Å². The maximum absolute atomic E-state index is 14.3. The molecule has 4 heterocycles. The Morgan fingerprint density at radius 2 is 1.26 bits per heavy atom. The normalized spacial score (nSPS) is 15.1. The van der Waals surface area contributed by atoms with E-state index in [2.05, 4.69) is 67.1 Å². The number of nitrogens with two attached hydrogens (primary N) is 1. The topological polar surface area (TPSA) is 383 Å². The summed E-state index contributed by atoms with van der Waals surface area (Å²) in [5.74, 6) is -6.30. The van der Waals surface area contributed by atoms with Gasteiger partial charge in [0.15, 0.2) is 0 Å². The van der Waals surface area contributed by atoms with Crippen LogP contribution in [-0.4, -0.2) is 155 Å². The summed E-state index contributed by atoms with van der Waals surface area (Å²) in [4.78, 5) is 140. The van der Waals surface area contributed by atoms with E-state index in [1.807, 2.05) is 6.07 Å². The first-order chi connectivity index (χ1) is 32.5. The van der Waals surface area contributed by atoms with E-state index in [1.54, 1.807) is 24.3 Å². The summed E-state index contributed by atoms with van der Waals surface area (Å²) in [7, 11) is 0. The predicted molar refractivity (Wildman–Crippen MR) is 235 cm³/mol. The predicted octanol–water partition coefficient (Wildman–Crippen LogP) is -3.77. The molecule has 0 spiro atoms. The van der Waals surface area contributed by atoms with Crippen molar-refractivity contribution in [3.05, 3.63) is 90.5 Å². The zero-order chi connectivity index (χ0) is 49.2. The van der Waals surface area contributed by atoms with Crippen molar-refractivity contribution in [2.45, 2.75) is 88.3 Å². The van der Waals surface area contributed by atoms with E-state index in [1.165, 1.54) is 56.3 Å². The first kappa shape index (κ1) is 50.8. The SMILES string of the molecule is CC(C)(NC(=O)[C@H]1CCCN1C(=O)[C@H](Cc1cnc[nH]1)NC(=O)CNC(=O)[C@H](Cc1cnc[nH]1)NC(=O)OCc1ccccc1)C(=O)N[C@@H](Cc1cnc[nH]1)C(=O)NCC(=O)N[C@@H](CO)C(N)=O. The third-order valence-electron chi connectivity index (χ3n) is 10.6. The van der Waals surface area contributed by atoms with E-state index in [9.17, 15) is 48.3 Å². The highest BCUT2D eigenvalue weighted by molar-refractivity contribution is 5.98. The van der Waals surface area contributed by atoms with Crippen LogP contribution in [0.4, 0.5) is 4.79 Å². The van der Waals surface area contributed by atoms with Crippen molar-refractivity contribution >= 4 is 53.4 Å². The molecule has 13 N–H and O–H groups in total. The van der Waals surface area contributed by atoms with E-state index in [0.717, 1.165) is 5.56 Å². The van der Waals surface area contributed by atoms with Gasteiger partial charge < -0.3 is 72.6 Å². The maximum atomic E-state index is 14.3. The highest BCUT2D eigenvalue weighted by Crippen LogP contribution is 2.21. The van der Waals surface area contributed by atoms with Gasteiger partial charge in [-0.1, -0.05) is 30.3 Å². The molecule has 1 aliphatic heterocycles. The van der Waals surface area contributed by atoms with Crippen LogP contribution in [0.1, 0.15) is 49.3 Å². The molecule has 0 radical (unpaired) electrons. The highest BCUT2D eigenvalue weighted by atomic mass is 16.5. The average Bonchev–Trinajstić information content (AvgIpc) is 4.18. The lowest BCUT2D eigenvalue weighted by Crippen LogP contribution is -2.62. The fourth-order valence-corrected chi connectivity index (χ4v) is 6.94. The number of amides is 9. The highest BCUT2D eigenvalue weighted by Gasteiger charge is 2.41. The molecule has 1 saturated heterocycles. The summed E-state index contributed by atoms with van der Waals surface area (Å²) in [5, 5.41) is 26.7. The van der Waals surface area contributed by atoms with Gasteiger partial charge in [0.05, 0.1) is 38.7 Å². The number of aliphatic hydroxyl groups excluding tert-OH is 1. The molecule has 9 amide bonds. The fourth-order valence-electron chi connectivity index (χ4n) is 6.94. The Hall–Kier alpha value is -8.16. The number of likely N-dealkylation sites (tertiary alicyclic amines) is 1. The van der Waals surface area contributed by atoms with Gasteiger partial charge in [-0.15, -0.1) is 0 Å². The summed E-state index contributed by atoms with van der Waals surface area (Å²) >= 11 is 0. The van der Waals surface area contributed by atoms with Crippen molar-refractivity contribution in [2.24, 2.45) is 5.73 Å². The molecule has 1 fully saturated rings. The van der Waals surface area contributed by atoms with Crippen molar-refractivity contribution in [2.75, 3.05) is 26.2 Å². The molecule has 0 aliphatic carbocycles. The number of H-pyrrole nitrogens is 3. The Labute approximate surface area is 388 Å². The van der Waals surface area contributed by atoms with Gasteiger partial charge in [0.25, 0.3) is 0 Å². The van der Waals surface area contributed by atoms with E-state index in [4.69, 9.17) is 10.5 Å². The second-order valence-corrected chi connectivity index (χ2v) is 16.2. The number of carbonyl (C=O) groups excluding carboxylic acids is 9. The molecule has 4 aromatic rings. The number of hydrogen-bond donors (Lipinski definition) is 12. The monoisotopic (exact) mass is 945 g/mol. The third kappa shape index (κ3) is 15.2. The zero-order valence-corrected chi connectivity index (χ0v) is 37.2. The van der Waals surface area contributed by atoms with Crippen LogP contribution >= 0.6 is 0 Å². The number of ether oxygens (including phenoxy) is 1. The van der Waals surface area contributed by atoms with E-state index < -0.39 is 109 Å². The lowest BCUT2D eigenvalue weighted by molar-refractivity contribution is -0.143. The molecule has 364 valence electrons.